The van der Waals surface area contributed by atoms with Gasteiger partial charge in [-0.3, -0.25) is 9.59 Å². The van der Waals surface area contributed by atoms with Crippen LogP contribution < -0.4 is 10.6 Å². The van der Waals surface area contributed by atoms with Crippen molar-refractivity contribution in [1.29, 1.82) is 0 Å². The van der Waals surface area contributed by atoms with Gasteiger partial charge in [-0.15, -0.1) is 12.4 Å². The van der Waals surface area contributed by atoms with Crippen LogP contribution in [0.15, 0.2) is 54.6 Å². The lowest BCUT2D eigenvalue weighted by Crippen LogP contribution is -2.53. The third kappa shape index (κ3) is 6.46. The minimum absolute atomic E-state index is 0. The molecule has 2 N–H and O–H groups in total. The highest BCUT2D eigenvalue weighted by Gasteiger charge is 2.29. The van der Waals surface area contributed by atoms with E-state index in [2.05, 4.69) is 10.6 Å². The highest BCUT2D eigenvalue weighted by Crippen LogP contribution is 2.15. The van der Waals surface area contributed by atoms with E-state index in [-0.39, 0.29) is 24.2 Å². The van der Waals surface area contributed by atoms with Crippen LogP contribution in [0.25, 0.3) is 0 Å². The third-order valence-corrected chi connectivity index (χ3v) is 5.46. The Morgan fingerprint density at radius 1 is 1.07 bits per heavy atom. The number of likely N-dealkylation sites (tertiary alicyclic amines) is 1. The molecule has 29 heavy (non-hydrogen) atoms. The quantitative estimate of drug-likeness (QED) is 0.731. The predicted octanol–water partition coefficient (Wildman–Crippen LogP) is 3.31. The molecule has 1 atom stereocenters. The molecule has 0 saturated carbocycles. The van der Waals surface area contributed by atoms with E-state index in [9.17, 15) is 9.59 Å². The summed E-state index contributed by atoms with van der Waals surface area (Å²) in [6, 6.07) is 16.3. The largest absolute Gasteiger partial charge is 0.341 e. The van der Waals surface area contributed by atoms with Crippen molar-refractivity contribution in [2.75, 3.05) is 20.1 Å². The maximum absolute atomic E-state index is 13.2. The molecular formula is C22H27Cl2N3O2. The van der Waals surface area contributed by atoms with Crippen molar-refractivity contribution in [3.8, 4) is 0 Å². The van der Waals surface area contributed by atoms with Gasteiger partial charge in [0.05, 0.1) is 0 Å². The number of carbonyl (C=O) groups is 2. The smallest absolute Gasteiger partial charge is 0.251 e. The Balaban J connectivity index is 0.00000300. The zero-order valence-electron chi connectivity index (χ0n) is 16.4. The van der Waals surface area contributed by atoms with Gasteiger partial charge in [0, 0.05) is 36.1 Å². The van der Waals surface area contributed by atoms with E-state index in [0.29, 0.717) is 36.1 Å². The van der Waals surface area contributed by atoms with Gasteiger partial charge in [-0.25, -0.2) is 0 Å². The lowest BCUT2D eigenvalue weighted by Gasteiger charge is -2.34. The average Bonchev–Trinajstić information content (AvgIpc) is 2.74. The van der Waals surface area contributed by atoms with E-state index in [0.717, 1.165) is 18.4 Å². The molecule has 7 heteroatoms. The Morgan fingerprint density at radius 2 is 1.69 bits per heavy atom. The number of amides is 2. The van der Waals surface area contributed by atoms with Crippen LogP contribution in [0.1, 0.15) is 28.8 Å². The van der Waals surface area contributed by atoms with Crippen LogP contribution in [0, 0.1) is 0 Å². The topological polar surface area (TPSA) is 61.4 Å². The number of hydrogen-bond donors (Lipinski definition) is 2. The maximum Gasteiger partial charge on any atom is 0.251 e. The molecule has 1 fully saturated rings. The summed E-state index contributed by atoms with van der Waals surface area (Å²) in [6.45, 7) is 1.40. The monoisotopic (exact) mass is 435 g/mol. The molecule has 0 bridgehead atoms. The van der Waals surface area contributed by atoms with Crippen molar-refractivity contribution >= 4 is 35.8 Å². The molecule has 1 unspecified atom stereocenters. The molecule has 0 aliphatic carbocycles. The highest BCUT2D eigenvalue weighted by molar-refractivity contribution is 6.30. The number of benzene rings is 2. The Kier molecular flexibility index (Phi) is 8.96. The first-order chi connectivity index (χ1) is 13.6. The molecule has 1 saturated heterocycles. The molecule has 2 aromatic rings. The SMILES string of the molecule is CNC1CCN(C(=O)C(Cc2ccccc2)NC(=O)c2ccc(Cl)cc2)CC1.Cl. The lowest BCUT2D eigenvalue weighted by molar-refractivity contribution is -0.134. The van der Waals surface area contributed by atoms with E-state index in [4.69, 9.17) is 11.6 Å². The number of rotatable bonds is 6. The lowest BCUT2D eigenvalue weighted by atomic mass is 10.0. The van der Waals surface area contributed by atoms with Crippen molar-refractivity contribution in [3.63, 3.8) is 0 Å². The van der Waals surface area contributed by atoms with Gasteiger partial charge in [-0.05, 0) is 49.7 Å². The summed E-state index contributed by atoms with van der Waals surface area (Å²) in [4.78, 5) is 27.8. The van der Waals surface area contributed by atoms with Crippen LogP contribution in [-0.2, 0) is 11.2 Å². The number of halogens is 2. The van der Waals surface area contributed by atoms with E-state index in [1.165, 1.54) is 0 Å². The number of carbonyl (C=O) groups excluding carboxylic acids is 2. The second-order valence-electron chi connectivity index (χ2n) is 7.11. The minimum atomic E-state index is -0.600. The van der Waals surface area contributed by atoms with Crippen molar-refractivity contribution in [2.24, 2.45) is 0 Å². The molecule has 2 amide bonds. The first-order valence-electron chi connectivity index (χ1n) is 9.63. The molecule has 1 aliphatic rings. The summed E-state index contributed by atoms with van der Waals surface area (Å²) in [5.41, 5.74) is 1.51. The highest BCUT2D eigenvalue weighted by atomic mass is 35.5. The Labute approximate surface area is 183 Å². The maximum atomic E-state index is 13.2. The summed E-state index contributed by atoms with van der Waals surface area (Å²) in [7, 11) is 1.95. The first-order valence-corrected chi connectivity index (χ1v) is 10.0. The van der Waals surface area contributed by atoms with Gasteiger partial charge in [0.2, 0.25) is 5.91 Å². The number of nitrogens with one attached hydrogen (secondary N) is 2. The number of nitrogens with zero attached hydrogens (tertiary/aromatic N) is 1. The Hall–Kier alpha value is -2.08. The molecule has 2 aromatic carbocycles. The fourth-order valence-electron chi connectivity index (χ4n) is 3.50. The minimum Gasteiger partial charge on any atom is -0.341 e. The normalized spacial score (nSPS) is 15.3. The zero-order valence-corrected chi connectivity index (χ0v) is 18.0. The molecular weight excluding hydrogens is 409 g/mol. The fourth-order valence-corrected chi connectivity index (χ4v) is 3.63. The molecule has 3 rings (SSSR count). The van der Waals surface area contributed by atoms with Crippen LogP contribution in [0.2, 0.25) is 5.02 Å². The van der Waals surface area contributed by atoms with Gasteiger partial charge in [0.1, 0.15) is 6.04 Å². The molecule has 1 heterocycles. The standard InChI is InChI=1S/C22H26ClN3O2.ClH/c1-24-19-11-13-26(14-12-19)22(28)20(15-16-5-3-2-4-6-16)25-21(27)17-7-9-18(23)10-8-17;/h2-10,19-20,24H,11-15H2,1H3,(H,25,27);1H. The number of piperidine rings is 1. The Morgan fingerprint density at radius 3 is 2.28 bits per heavy atom. The van der Waals surface area contributed by atoms with Gasteiger partial charge >= 0.3 is 0 Å². The molecule has 156 valence electrons. The van der Waals surface area contributed by atoms with E-state index in [1.807, 2.05) is 42.3 Å². The number of hydrogen-bond acceptors (Lipinski definition) is 3. The molecule has 0 spiro atoms. The second-order valence-corrected chi connectivity index (χ2v) is 7.55. The van der Waals surface area contributed by atoms with Crippen molar-refractivity contribution in [3.05, 3.63) is 70.7 Å². The van der Waals surface area contributed by atoms with Crippen molar-refractivity contribution in [1.82, 2.24) is 15.5 Å². The van der Waals surface area contributed by atoms with Gasteiger partial charge in [0.15, 0.2) is 0 Å². The molecule has 0 radical (unpaired) electrons. The predicted molar refractivity (Wildman–Crippen MR) is 119 cm³/mol. The second kappa shape index (κ2) is 11.2. The fraction of sp³-hybridized carbons (Fsp3) is 0.364. The summed E-state index contributed by atoms with van der Waals surface area (Å²) < 4.78 is 0. The van der Waals surface area contributed by atoms with Crippen LogP contribution in [0.3, 0.4) is 0 Å². The first kappa shape index (κ1) is 23.2. The van der Waals surface area contributed by atoms with Gasteiger partial charge in [0.25, 0.3) is 5.91 Å². The van der Waals surface area contributed by atoms with Crippen molar-refractivity contribution < 1.29 is 9.59 Å². The van der Waals surface area contributed by atoms with Gasteiger partial charge in [-0.2, -0.15) is 0 Å². The summed E-state index contributed by atoms with van der Waals surface area (Å²) in [6.07, 6.45) is 2.31. The molecule has 5 nitrogen and oxygen atoms in total. The van der Waals surface area contributed by atoms with Crippen molar-refractivity contribution in [2.45, 2.75) is 31.3 Å². The Bertz CT molecular complexity index is 791. The summed E-state index contributed by atoms with van der Waals surface area (Å²) >= 11 is 5.91. The van der Waals surface area contributed by atoms with E-state index in [1.54, 1.807) is 24.3 Å². The summed E-state index contributed by atoms with van der Waals surface area (Å²) in [5, 5.41) is 6.78. The molecule has 0 aromatic heterocycles. The van der Waals surface area contributed by atoms with E-state index >= 15 is 0 Å². The van der Waals surface area contributed by atoms with Crippen LogP contribution in [0.4, 0.5) is 0 Å². The van der Waals surface area contributed by atoms with Gasteiger partial charge in [-0.1, -0.05) is 41.9 Å². The van der Waals surface area contributed by atoms with Crippen LogP contribution >= 0.6 is 24.0 Å². The van der Waals surface area contributed by atoms with Crippen LogP contribution in [-0.4, -0.2) is 48.9 Å². The average molecular weight is 436 g/mol. The third-order valence-electron chi connectivity index (χ3n) is 5.21. The van der Waals surface area contributed by atoms with Crippen LogP contribution in [0.5, 0.6) is 0 Å². The van der Waals surface area contributed by atoms with Gasteiger partial charge < -0.3 is 15.5 Å². The zero-order chi connectivity index (χ0) is 19.9. The van der Waals surface area contributed by atoms with E-state index < -0.39 is 6.04 Å². The summed E-state index contributed by atoms with van der Waals surface area (Å²) in [5.74, 6) is -0.295. The molecule has 1 aliphatic heterocycles.